The minimum Gasteiger partial charge on any atom is -0.481 e. The molecule has 1 N–H and O–H groups in total. The first kappa shape index (κ1) is 16.2. The number of hydrogen-bond acceptors (Lipinski definition) is 4. The number of fused-ring (bicyclic) bond motifs is 1. The van der Waals surface area contributed by atoms with E-state index in [1.165, 1.54) is 5.56 Å². The third kappa shape index (κ3) is 3.30. The number of likely N-dealkylation sites (tertiary alicyclic amines) is 1. The molecule has 25 heavy (non-hydrogen) atoms. The van der Waals surface area contributed by atoms with Gasteiger partial charge in [0.05, 0.1) is 23.2 Å². The average Bonchev–Trinajstić information content (AvgIpc) is 3.16. The summed E-state index contributed by atoms with van der Waals surface area (Å²) >= 11 is 1.67. The lowest BCUT2D eigenvalue weighted by molar-refractivity contribution is -0.143. The molecule has 0 spiro atoms. The second kappa shape index (κ2) is 6.94. The Morgan fingerprint density at radius 2 is 2.12 bits per heavy atom. The van der Waals surface area contributed by atoms with Crippen LogP contribution in [0.25, 0.3) is 10.9 Å². The number of benzene rings is 1. The molecule has 4 nitrogen and oxygen atoms in total. The number of carboxylic acid groups (broad SMARTS) is 1. The van der Waals surface area contributed by atoms with Gasteiger partial charge in [-0.3, -0.25) is 14.7 Å². The maximum atomic E-state index is 11.5. The van der Waals surface area contributed by atoms with E-state index in [-0.39, 0.29) is 12.0 Å². The highest BCUT2D eigenvalue weighted by Gasteiger charge is 2.32. The van der Waals surface area contributed by atoms with Crippen molar-refractivity contribution in [2.45, 2.75) is 18.9 Å². The summed E-state index contributed by atoms with van der Waals surface area (Å²) in [4.78, 5) is 18.7. The highest BCUT2D eigenvalue weighted by molar-refractivity contribution is 7.08. The van der Waals surface area contributed by atoms with Crippen molar-refractivity contribution in [3.63, 3.8) is 0 Å². The van der Waals surface area contributed by atoms with E-state index in [9.17, 15) is 9.90 Å². The first-order chi connectivity index (χ1) is 12.2. The Morgan fingerprint density at radius 3 is 2.92 bits per heavy atom. The molecule has 1 fully saturated rings. The fourth-order valence-electron chi connectivity index (χ4n) is 3.68. The maximum Gasteiger partial charge on any atom is 0.307 e. The van der Waals surface area contributed by atoms with Gasteiger partial charge in [-0.05, 0) is 53.9 Å². The van der Waals surface area contributed by atoms with Gasteiger partial charge in [0, 0.05) is 11.9 Å². The summed E-state index contributed by atoms with van der Waals surface area (Å²) in [7, 11) is 0. The molecule has 1 aliphatic heterocycles. The molecule has 4 rings (SSSR count). The van der Waals surface area contributed by atoms with Crippen LogP contribution in [0.15, 0.2) is 53.2 Å². The molecule has 0 bridgehead atoms. The molecule has 2 atom stereocenters. The quantitative estimate of drug-likeness (QED) is 0.765. The van der Waals surface area contributed by atoms with E-state index in [2.05, 4.69) is 39.9 Å². The van der Waals surface area contributed by atoms with Crippen molar-refractivity contribution in [1.29, 1.82) is 0 Å². The normalized spacial score (nSPS) is 19.8. The number of nitrogens with zero attached hydrogens (tertiary/aromatic N) is 2. The van der Waals surface area contributed by atoms with Crippen molar-refractivity contribution < 1.29 is 9.90 Å². The van der Waals surface area contributed by atoms with Crippen LogP contribution < -0.4 is 0 Å². The standard InChI is InChI=1S/C20H20N2O2S/c23-20(24)15-5-3-10-22(12-15)19(16-9-11-25-13-16)18-8-7-14-4-1-2-6-17(14)21-18/h1-2,4,6-9,11,13,15,19H,3,5,10,12H2,(H,23,24). The molecule has 2 aromatic heterocycles. The van der Waals surface area contributed by atoms with Crippen molar-refractivity contribution in [2.75, 3.05) is 13.1 Å². The SMILES string of the molecule is O=C(O)C1CCCN(C(c2ccsc2)c2ccc3ccccc3n2)C1. The number of carboxylic acids is 1. The van der Waals surface area contributed by atoms with Gasteiger partial charge in [-0.25, -0.2) is 0 Å². The minimum absolute atomic E-state index is 0.0120. The minimum atomic E-state index is -0.694. The Balaban J connectivity index is 1.74. The van der Waals surface area contributed by atoms with E-state index in [0.29, 0.717) is 6.54 Å². The van der Waals surface area contributed by atoms with E-state index in [1.54, 1.807) is 11.3 Å². The molecule has 0 amide bonds. The summed E-state index contributed by atoms with van der Waals surface area (Å²) in [6.45, 7) is 1.48. The summed E-state index contributed by atoms with van der Waals surface area (Å²) in [5, 5.41) is 14.8. The van der Waals surface area contributed by atoms with Gasteiger partial charge in [0.25, 0.3) is 0 Å². The van der Waals surface area contributed by atoms with Crippen LogP contribution in [0, 0.1) is 5.92 Å². The van der Waals surface area contributed by atoms with E-state index in [4.69, 9.17) is 4.98 Å². The molecule has 1 saturated heterocycles. The van der Waals surface area contributed by atoms with Crippen molar-refractivity contribution in [3.8, 4) is 0 Å². The Kier molecular flexibility index (Phi) is 4.51. The number of aliphatic carboxylic acids is 1. The second-order valence-electron chi connectivity index (χ2n) is 6.56. The summed E-state index contributed by atoms with van der Waals surface area (Å²) in [6.07, 6.45) is 1.67. The fourth-order valence-corrected chi connectivity index (χ4v) is 4.35. The van der Waals surface area contributed by atoms with Crippen molar-refractivity contribution >= 4 is 28.2 Å². The summed E-state index contributed by atoms with van der Waals surface area (Å²) in [5.41, 5.74) is 3.16. The van der Waals surface area contributed by atoms with E-state index < -0.39 is 5.97 Å². The highest BCUT2D eigenvalue weighted by Crippen LogP contribution is 2.33. The van der Waals surface area contributed by atoms with Gasteiger partial charge >= 0.3 is 5.97 Å². The number of aromatic nitrogens is 1. The predicted molar refractivity (Wildman–Crippen MR) is 99.8 cm³/mol. The average molecular weight is 352 g/mol. The highest BCUT2D eigenvalue weighted by atomic mass is 32.1. The van der Waals surface area contributed by atoms with Crippen LogP contribution in [0.3, 0.4) is 0 Å². The van der Waals surface area contributed by atoms with Crippen LogP contribution in [0.2, 0.25) is 0 Å². The molecular weight excluding hydrogens is 332 g/mol. The van der Waals surface area contributed by atoms with Gasteiger partial charge in [-0.15, -0.1) is 0 Å². The Labute approximate surface area is 150 Å². The molecule has 5 heteroatoms. The molecule has 128 valence electrons. The van der Waals surface area contributed by atoms with Gasteiger partial charge < -0.3 is 5.11 Å². The van der Waals surface area contributed by atoms with Gasteiger partial charge in [0.2, 0.25) is 0 Å². The molecule has 2 unspecified atom stereocenters. The van der Waals surface area contributed by atoms with E-state index in [1.807, 2.05) is 18.2 Å². The van der Waals surface area contributed by atoms with Crippen LogP contribution in [-0.4, -0.2) is 34.0 Å². The molecule has 0 aliphatic carbocycles. The number of para-hydroxylation sites is 1. The summed E-state index contributed by atoms with van der Waals surface area (Å²) in [6, 6.07) is 14.4. The lowest BCUT2D eigenvalue weighted by atomic mass is 9.94. The topological polar surface area (TPSA) is 53.4 Å². The first-order valence-electron chi connectivity index (χ1n) is 8.57. The lowest BCUT2D eigenvalue weighted by Gasteiger charge is -2.36. The first-order valence-corrected chi connectivity index (χ1v) is 9.51. The molecule has 3 aromatic rings. The zero-order valence-electron chi connectivity index (χ0n) is 13.8. The summed E-state index contributed by atoms with van der Waals surface area (Å²) in [5.74, 6) is -0.990. The van der Waals surface area contributed by atoms with Crippen molar-refractivity contribution in [1.82, 2.24) is 9.88 Å². The van der Waals surface area contributed by atoms with Gasteiger partial charge in [0.15, 0.2) is 0 Å². The van der Waals surface area contributed by atoms with E-state index >= 15 is 0 Å². The van der Waals surface area contributed by atoms with Crippen LogP contribution in [-0.2, 0) is 4.79 Å². The van der Waals surface area contributed by atoms with Crippen LogP contribution >= 0.6 is 11.3 Å². The number of carbonyl (C=O) groups is 1. The van der Waals surface area contributed by atoms with Crippen molar-refractivity contribution in [2.24, 2.45) is 5.92 Å². The van der Waals surface area contributed by atoms with Gasteiger partial charge in [-0.2, -0.15) is 11.3 Å². The van der Waals surface area contributed by atoms with E-state index in [0.717, 1.165) is 36.0 Å². The monoisotopic (exact) mass is 352 g/mol. The number of piperidine rings is 1. The Morgan fingerprint density at radius 1 is 1.24 bits per heavy atom. The number of pyridine rings is 1. The molecule has 0 radical (unpaired) electrons. The van der Waals surface area contributed by atoms with Crippen molar-refractivity contribution in [3.05, 3.63) is 64.5 Å². The Bertz CT molecular complexity index is 878. The largest absolute Gasteiger partial charge is 0.481 e. The zero-order chi connectivity index (χ0) is 17.2. The Hall–Kier alpha value is -2.24. The predicted octanol–water partition coefficient (Wildman–Crippen LogP) is 4.18. The number of thiophene rings is 1. The molecule has 1 aromatic carbocycles. The zero-order valence-corrected chi connectivity index (χ0v) is 14.7. The van der Waals surface area contributed by atoms with Crippen LogP contribution in [0.4, 0.5) is 0 Å². The second-order valence-corrected chi connectivity index (χ2v) is 7.34. The van der Waals surface area contributed by atoms with Crippen LogP contribution in [0.5, 0.6) is 0 Å². The smallest absolute Gasteiger partial charge is 0.307 e. The molecule has 1 aliphatic rings. The lowest BCUT2D eigenvalue weighted by Crippen LogP contribution is -2.41. The summed E-state index contributed by atoms with van der Waals surface area (Å²) < 4.78 is 0. The van der Waals surface area contributed by atoms with Crippen LogP contribution in [0.1, 0.15) is 30.1 Å². The third-order valence-electron chi connectivity index (χ3n) is 4.93. The van der Waals surface area contributed by atoms with Gasteiger partial charge in [-0.1, -0.05) is 24.3 Å². The molecule has 0 saturated carbocycles. The number of rotatable bonds is 4. The molecular formula is C20H20N2O2S. The fraction of sp³-hybridized carbons (Fsp3) is 0.300. The number of hydrogen-bond donors (Lipinski definition) is 1. The maximum absolute atomic E-state index is 11.5. The molecule has 3 heterocycles. The third-order valence-corrected chi connectivity index (χ3v) is 5.63. The van der Waals surface area contributed by atoms with Gasteiger partial charge in [0.1, 0.15) is 0 Å².